The second kappa shape index (κ2) is 7.50. The van der Waals surface area contributed by atoms with Gasteiger partial charge in [-0.1, -0.05) is 17.7 Å². The maximum absolute atomic E-state index is 12.9. The van der Waals surface area contributed by atoms with Crippen LogP contribution in [0.15, 0.2) is 60.2 Å². The Kier molecular flexibility index (Phi) is 5.05. The second-order valence-electron chi connectivity index (χ2n) is 7.23. The molecule has 0 radical (unpaired) electrons. The van der Waals surface area contributed by atoms with Gasteiger partial charge in [0.2, 0.25) is 11.8 Å². The summed E-state index contributed by atoms with van der Waals surface area (Å²) in [6.45, 7) is 1.99. The fourth-order valence-corrected chi connectivity index (χ4v) is 4.17. The van der Waals surface area contributed by atoms with Gasteiger partial charge in [0.15, 0.2) is 0 Å². The first kappa shape index (κ1) is 18.9. The summed E-state index contributed by atoms with van der Waals surface area (Å²) in [5, 5.41) is 2.84. The smallest absolute Gasteiger partial charge is 0.255 e. The molecule has 1 N–H and O–H groups in total. The highest BCUT2D eigenvalue weighted by Crippen LogP contribution is 2.39. The summed E-state index contributed by atoms with van der Waals surface area (Å²) in [6, 6.07) is 14.2. The molecule has 0 aromatic heterocycles. The van der Waals surface area contributed by atoms with Crippen LogP contribution in [0.1, 0.15) is 30.1 Å². The average molecular weight is 486 g/mol. The van der Waals surface area contributed by atoms with Gasteiger partial charge in [0.1, 0.15) is 0 Å². The third-order valence-electron chi connectivity index (χ3n) is 5.29. The predicted molar refractivity (Wildman–Crippen MR) is 116 cm³/mol. The number of amides is 3. The number of hydrogen-bond donors (Lipinski definition) is 1. The number of allylic oxidation sites excluding steroid dienone is 2. The number of hydrogen-bond acceptors (Lipinski definition) is 3. The topological polar surface area (TPSA) is 66.5 Å². The SMILES string of the molecule is CC1=CC[C@@H]2C(=O)N(c3cccc(C(=O)Nc4ccc(I)cc4)c3)C(=O)[C@H]2C1. The maximum Gasteiger partial charge on any atom is 0.255 e. The minimum Gasteiger partial charge on any atom is -0.322 e. The van der Waals surface area contributed by atoms with E-state index in [0.717, 1.165) is 9.14 Å². The number of anilines is 2. The van der Waals surface area contributed by atoms with E-state index in [1.54, 1.807) is 24.3 Å². The summed E-state index contributed by atoms with van der Waals surface area (Å²) >= 11 is 2.20. The van der Waals surface area contributed by atoms with Crippen LogP contribution in [-0.2, 0) is 9.59 Å². The van der Waals surface area contributed by atoms with Gasteiger partial charge in [-0.3, -0.25) is 19.3 Å². The molecule has 0 bridgehead atoms. The van der Waals surface area contributed by atoms with Gasteiger partial charge in [0, 0.05) is 14.8 Å². The van der Waals surface area contributed by atoms with Crippen molar-refractivity contribution in [2.75, 3.05) is 10.2 Å². The molecule has 2 aliphatic rings. The van der Waals surface area contributed by atoms with Crippen LogP contribution >= 0.6 is 22.6 Å². The highest BCUT2D eigenvalue weighted by molar-refractivity contribution is 14.1. The van der Waals surface area contributed by atoms with Crippen LogP contribution in [0.4, 0.5) is 11.4 Å². The summed E-state index contributed by atoms with van der Waals surface area (Å²) in [7, 11) is 0. The molecule has 0 saturated carbocycles. The van der Waals surface area contributed by atoms with Gasteiger partial charge in [-0.15, -0.1) is 0 Å². The van der Waals surface area contributed by atoms with Crippen molar-refractivity contribution < 1.29 is 14.4 Å². The number of fused-ring (bicyclic) bond motifs is 1. The number of carbonyl (C=O) groups excluding carboxylic acids is 3. The molecule has 5 nitrogen and oxygen atoms in total. The van der Waals surface area contributed by atoms with Crippen molar-refractivity contribution in [3.63, 3.8) is 0 Å². The summed E-state index contributed by atoms with van der Waals surface area (Å²) in [5.41, 5.74) is 2.70. The molecule has 4 rings (SSSR count). The molecule has 28 heavy (non-hydrogen) atoms. The number of rotatable bonds is 3. The van der Waals surface area contributed by atoms with Gasteiger partial charge in [-0.2, -0.15) is 0 Å². The summed E-state index contributed by atoms with van der Waals surface area (Å²) in [6.07, 6.45) is 3.27. The molecule has 1 aliphatic carbocycles. The largest absolute Gasteiger partial charge is 0.322 e. The van der Waals surface area contributed by atoms with Gasteiger partial charge < -0.3 is 5.32 Å². The van der Waals surface area contributed by atoms with E-state index >= 15 is 0 Å². The van der Waals surface area contributed by atoms with Crippen molar-refractivity contribution in [1.29, 1.82) is 0 Å². The van der Waals surface area contributed by atoms with Gasteiger partial charge in [-0.05, 0) is 84.8 Å². The number of nitrogens with one attached hydrogen (secondary N) is 1. The zero-order valence-corrected chi connectivity index (χ0v) is 17.5. The molecule has 0 spiro atoms. The van der Waals surface area contributed by atoms with Crippen molar-refractivity contribution in [2.24, 2.45) is 11.8 Å². The van der Waals surface area contributed by atoms with Crippen LogP contribution in [0.2, 0.25) is 0 Å². The molecule has 3 amide bonds. The second-order valence-corrected chi connectivity index (χ2v) is 8.47. The zero-order valence-electron chi connectivity index (χ0n) is 15.3. The number of nitrogens with zero attached hydrogens (tertiary/aromatic N) is 1. The van der Waals surface area contributed by atoms with Crippen LogP contribution < -0.4 is 10.2 Å². The van der Waals surface area contributed by atoms with Crippen LogP contribution in [0.3, 0.4) is 0 Å². The zero-order chi connectivity index (χ0) is 19.8. The van der Waals surface area contributed by atoms with Crippen LogP contribution in [0.25, 0.3) is 0 Å². The van der Waals surface area contributed by atoms with Gasteiger partial charge in [0.25, 0.3) is 5.91 Å². The normalized spacial score (nSPS) is 21.4. The van der Waals surface area contributed by atoms with Crippen LogP contribution in [0.5, 0.6) is 0 Å². The number of carbonyl (C=O) groups is 3. The quantitative estimate of drug-likeness (QED) is 0.398. The third-order valence-corrected chi connectivity index (χ3v) is 6.01. The Hall–Kier alpha value is -2.48. The van der Waals surface area contributed by atoms with E-state index in [1.165, 1.54) is 4.90 Å². The Bertz CT molecular complexity index is 997. The minimum absolute atomic E-state index is 0.169. The number of halogens is 1. The highest BCUT2D eigenvalue weighted by atomic mass is 127. The predicted octanol–water partition coefficient (Wildman–Crippen LogP) is 4.39. The average Bonchev–Trinajstić information content (AvgIpc) is 2.93. The molecular formula is C22H19IN2O3. The monoisotopic (exact) mass is 486 g/mol. The minimum atomic E-state index is -0.291. The lowest BCUT2D eigenvalue weighted by atomic mass is 9.82. The van der Waals surface area contributed by atoms with E-state index in [9.17, 15) is 14.4 Å². The lowest BCUT2D eigenvalue weighted by Crippen LogP contribution is -2.31. The van der Waals surface area contributed by atoms with Crippen molar-refractivity contribution in [3.8, 4) is 0 Å². The Labute approximate surface area is 176 Å². The first-order valence-corrected chi connectivity index (χ1v) is 10.2. The van der Waals surface area contributed by atoms with E-state index in [-0.39, 0.29) is 29.6 Å². The van der Waals surface area contributed by atoms with Crippen LogP contribution in [0, 0.1) is 15.4 Å². The van der Waals surface area contributed by atoms with E-state index in [0.29, 0.717) is 29.8 Å². The van der Waals surface area contributed by atoms with Crippen molar-refractivity contribution in [1.82, 2.24) is 0 Å². The molecule has 1 fully saturated rings. The first-order chi connectivity index (χ1) is 13.4. The van der Waals surface area contributed by atoms with Gasteiger partial charge >= 0.3 is 0 Å². The van der Waals surface area contributed by atoms with Gasteiger partial charge in [0.05, 0.1) is 17.5 Å². The van der Waals surface area contributed by atoms with Crippen LogP contribution in [-0.4, -0.2) is 17.7 Å². The van der Waals surface area contributed by atoms with E-state index < -0.39 is 0 Å². The fraction of sp³-hybridized carbons (Fsp3) is 0.227. The lowest BCUT2D eigenvalue weighted by Gasteiger charge is -2.18. The Morgan fingerprint density at radius 2 is 1.79 bits per heavy atom. The number of imide groups is 1. The van der Waals surface area contributed by atoms with Crippen molar-refractivity contribution in [3.05, 3.63) is 69.3 Å². The maximum atomic E-state index is 12.9. The Morgan fingerprint density at radius 3 is 2.54 bits per heavy atom. The molecule has 1 saturated heterocycles. The van der Waals surface area contributed by atoms with Crippen molar-refractivity contribution in [2.45, 2.75) is 19.8 Å². The molecular weight excluding hydrogens is 467 g/mol. The summed E-state index contributed by atoms with van der Waals surface area (Å²) in [4.78, 5) is 39.6. The van der Waals surface area contributed by atoms with E-state index in [1.807, 2.05) is 37.3 Å². The molecule has 1 aliphatic heterocycles. The summed E-state index contributed by atoms with van der Waals surface area (Å²) < 4.78 is 1.08. The molecule has 1 heterocycles. The fourth-order valence-electron chi connectivity index (χ4n) is 3.81. The summed E-state index contributed by atoms with van der Waals surface area (Å²) in [5.74, 6) is -1.20. The number of benzene rings is 2. The van der Waals surface area contributed by atoms with E-state index in [2.05, 4.69) is 27.9 Å². The van der Waals surface area contributed by atoms with E-state index in [4.69, 9.17) is 0 Å². The highest BCUT2D eigenvalue weighted by Gasteiger charge is 2.48. The molecule has 0 unspecified atom stereocenters. The van der Waals surface area contributed by atoms with Gasteiger partial charge in [-0.25, -0.2) is 0 Å². The van der Waals surface area contributed by atoms with Crippen molar-refractivity contribution >= 4 is 51.7 Å². The lowest BCUT2D eigenvalue weighted by molar-refractivity contribution is -0.122. The Balaban J connectivity index is 1.57. The molecule has 2 aromatic carbocycles. The third kappa shape index (κ3) is 3.48. The first-order valence-electron chi connectivity index (χ1n) is 9.14. The Morgan fingerprint density at radius 1 is 1.07 bits per heavy atom. The molecule has 142 valence electrons. The molecule has 6 heteroatoms. The molecule has 2 atom stereocenters. The molecule has 2 aromatic rings. The standard InChI is InChI=1S/C22H19IN2O3/c1-13-5-10-18-19(11-13)22(28)25(21(18)27)17-4-2-3-14(12-17)20(26)24-16-8-6-15(23)7-9-16/h2-9,12,18-19H,10-11H2,1H3,(H,24,26)/t18-,19-/m0/s1.